The fourth-order valence-corrected chi connectivity index (χ4v) is 1.29. The van der Waals surface area contributed by atoms with Crippen LogP contribution in [0.15, 0.2) is 37.2 Å². The van der Waals surface area contributed by atoms with Crippen molar-refractivity contribution in [3.05, 3.63) is 42.7 Å². The molecule has 0 saturated heterocycles. The molecule has 0 saturated carbocycles. The summed E-state index contributed by atoms with van der Waals surface area (Å²) in [6, 6.07) is 6.29. The first-order valence-corrected chi connectivity index (χ1v) is 4.90. The van der Waals surface area contributed by atoms with Crippen LogP contribution in [-0.2, 0) is 0 Å². The topological polar surface area (TPSA) is 81.3 Å². The molecule has 86 valence electrons. The molecule has 5 heteroatoms. The Labute approximate surface area is 98.2 Å². The summed E-state index contributed by atoms with van der Waals surface area (Å²) in [7, 11) is 0. The Kier molecular flexibility index (Phi) is 2.91. The van der Waals surface area contributed by atoms with E-state index >= 15 is 0 Å². The highest BCUT2D eigenvalue weighted by Gasteiger charge is 2.08. The van der Waals surface area contributed by atoms with Crippen molar-refractivity contribution in [1.29, 1.82) is 0 Å². The Bertz CT molecular complexity index is 538. The van der Waals surface area contributed by atoms with E-state index < -0.39 is 0 Å². The summed E-state index contributed by atoms with van der Waals surface area (Å²) in [5.74, 6) is 1.36. The maximum absolute atomic E-state index is 9.15. The van der Waals surface area contributed by atoms with Crippen LogP contribution in [0, 0.1) is 0 Å². The third-order valence-electron chi connectivity index (χ3n) is 2.13. The minimum Gasteiger partial charge on any atom is -0.508 e. The van der Waals surface area contributed by atoms with E-state index in [9.17, 15) is 0 Å². The molecule has 2 rings (SSSR count). The Morgan fingerprint density at radius 2 is 1.94 bits per heavy atom. The van der Waals surface area contributed by atoms with Gasteiger partial charge in [-0.25, -0.2) is 9.97 Å². The first kappa shape index (κ1) is 10.9. The Hall–Kier alpha value is -2.56. The lowest BCUT2D eigenvalue weighted by molar-refractivity contribution is 0.452. The molecule has 17 heavy (non-hydrogen) atoms. The highest BCUT2D eigenvalue weighted by molar-refractivity contribution is 5.64. The number of aromatic hydroxyl groups is 1. The predicted molar refractivity (Wildman–Crippen MR) is 64.7 cm³/mol. The summed E-state index contributed by atoms with van der Waals surface area (Å²) in [5.41, 5.74) is 6.21. The zero-order valence-corrected chi connectivity index (χ0v) is 9.00. The van der Waals surface area contributed by atoms with Crippen LogP contribution in [0.2, 0.25) is 0 Å². The molecule has 3 N–H and O–H groups in total. The summed E-state index contributed by atoms with van der Waals surface area (Å²) < 4.78 is 5.52. The van der Waals surface area contributed by atoms with E-state index in [0.717, 1.165) is 0 Å². The van der Waals surface area contributed by atoms with Gasteiger partial charge in [-0.05, 0) is 24.3 Å². The summed E-state index contributed by atoms with van der Waals surface area (Å²) >= 11 is 0. The number of anilines is 1. The number of benzene rings is 1. The van der Waals surface area contributed by atoms with Gasteiger partial charge in [0, 0.05) is 0 Å². The van der Waals surface area contributed by atoms with Crippen LogP contribution in [-0.4, -0.2) is 15.1 Å². The molecular formula is C12H11N3O2. The highest BCUT2D eigenvalue weighted by atomic mass is 16.5. The molecule has 0 unspecified atom stereocenters. The minimum atomic E-state index is 0.170. The summed E-state index contributed by atoms with van der Waals surface area (Å²) in [6.45, 7) is 3.63. The molecule has 0 aliphatic heterocycles. The zero-order valence-electron chi connectivity index (χ0n) is 9.00. The molecule has 5 nitrogen and oxygen atoms in total. The molecule has 0 aliphatic carbocycles. The molecule has 1 aromatic heterocycles. The van der Waals surface area contributed by atoms with Gasteiger partial charge < -0.3 is 15.6 Å². The third kappa shape index (κ3) is 2.34. The van der Waals surface area contributed by atoms with Gasteiger partial charge in [0.05, 0.1) is 5.56 Å². The molecule has 1 aromatic carbocycles. The van der Waals surface area contributed by atoms with Gasteiger partial charge in [-0.15, -0.1) is 0 Å². The van der Waals surface area contributed by atoms with E-state index in [2.05, 4.69) is 16.5 Å². The van der Waals surface area contributed by atoms with E-state index in [1.165, 1.54) is 24.5 Å². The predicted octanol–water partition coefficient (Wildman–Crippen LogP) is 2.20. The Morgan fingerprint density at radius 1 is 1.24 bits per heavy atom. The van der Waals surface area contributed by atoms with E-state index in [-0.39, 0.29) is 5.75 Å². The van der Waals surface area contributed by atoms with E-state index in [1.807, 2.05) is 0 Å². The fourth-order valence-electron chi connectivity index (χ4n) is 1.29. The average Bonchev–Trinajstić information content (AvgIpc) is 2.32. The van der Waals surface area contributed by atoms with E-state index in [1.54, 1.807) is 12.1 Å². The van der Waals surface area contributed by atoms with Crippen LogP contribution in [0.25, 0.3) is 6.08 Å². The van der Waals surface area contributed by atoms with Gasteiger partial charge in [0.2, 0.25) is 5.88 Å². The fraction of sp³-hybridized carbons (Fsp3) is 0. The van der Waals surface area contributed by atoms with Crippen molar-refractivity contribution >= 4 is 11.9 Å². The van der Waals surface area contributed by atoms with Crippen LogP contribution < -0.4 is 10.5 Å². The summed E-state index contributed by atoms with van der Waals surface area (Å²) in [5, 5.41) is 9.15. The maximum atomic E-state index is 9.15. The number of rotatable bonds is 3. The monoisotopic (exact) mass is 229 g/mol. The quantitative estimate of drug-likeness (QED) is 0.843. The maximum Gasteiger partial charge on any atom is 0.231 e. The largest absolute Gasteiger partial charge is 0.508 e. The molecule has 0 bridgehead atoms. The second-order valence-corrected chi connectivity index (χ2v) is 3.28. The number of nitrogens with two attached hydrogens (primary N) is 1. The lowest BCUT2D eigenvalue weighted by Gasteiger charge is -2.08. The second kappa shape index (κ2) is 4.52. The third-order valence-corrected chi connectivity index (χ3v) is 2.13. The Balaban J connectivity index is 2.33. The molecule has 0 fully saturated rings. The standard InChI is InChI=1S/C12H11N3O2/c1-2-10-11(13)14-7-15-12(10)17-9-5-3-8(16)4-6-9/h2-7,16H,1H2,(H2,13,14,15). The minimum absolute atomic E-state index is 0.170. The van der Waals surface area contributed by atoms with Crippen LogP contribution in [0.4, 0.5) is 5.82 Å². The number of hydrogen-bond donors (Lipinski definition) is 2. The van der Waals surface area contributed by atoms with Crippen molar-refractivity contribution in [2.24, 2.45) is 0 Å². The number of phenolic OH excluding ortho intramolecular Hbond substituents is 1. The van der Waals surface area contributed by atoms with Crippen LogP contribution >= 0.6 is 0 Å². The van der Waals surface area contributed by atoms with Gasteiger partial charge in [0.15, 0.2) is 0 Å². The molecule has 0 atom stereocenters. The number of aromatic nitrogens is 2. The van der Waals surface area contributed by atoms with Crippen molar-refractivity contribution in [3.63, 3.8) is 0 Å². The number of hydrogen-bond acceptors (Lipinski definition) is 5. The van der Waals surface area contributed by atoms with Crippen molar-refractivity contribution in [2.75, 3.05) is 5.73 Å². The number of ether oxygens (including phenoxy) is 1. The molecule has 1 heterocycles. The van der Waals surface area contributed by atoms with E-state index in [0.29, 0.717) is 23.0 Å². The van der Waals surface area contributed by atoms with Crippen molar-refractivity contribution < 1.29 is 9.84 Å². The molecule has 0 aliphatic rings. The number of nitrogens with zero attached hydrogens (tertiary/aromatic N) is 2. The normalized spacial score (nSPS) is 9.88. The van der Waals surface area contributed by atoms with Gasteiger partial charge in [-0.2, -0.15) is 0 Å². The van der Waals surface area contributed by atoms with Crippen molar-refractivity contribution in [3.8, 4) is 17.4 Å². The lowest BCUT2D eigenvalue weighted by Crippen LogP contribution is -1.98. The Morgan fingerprint density at radius 3 is 2.59 bits per heavy atom. The van der Waals surface area contributed by atoms with Crippen LogP contribution in [0.3, 0.4) is 0 Å². The highest BCUT2D eigenvalue weighted by Crippen LogP contribution is 2.27. The number of phenols is 1. The molecule has 0 amide bonds. The van der Waals surface area contributed by atoms with Crippen molar-refractivity contribution in [1.82, 2.24) is 9.97 Å². The van der Waals surface area contributed by atoms with E-state index in [4.69, 9.17) is 15.6 Å². The number of nitrogen functional groups attached to an aromatic ring is 1. The molecule has 2 aromatic rings. The molecule has 0 radical (unpaired) electrons. The average molecular weight is 229 g/mol. The summed E-state index contributed by atoms with van der Waals surface area (Å²) in [6.07, 6.45) is 2.85. The first-order chi connectivity index (χ1) is 8.20. The molecular weight excluding hydrogens is 218 g/mol. The van der Waals surface area contributed by atoms with Gasteiger partial charge in [-0.3, -0.25) is 0 Å². The smallest absolute Gasteiger partial charge is 0.231 e. The first-order valence-electron chi connectivity index (χ1n) is 4.90. The van der Waals surface area contributed by atoms with Crippen LogP contribution in [0.5, 0.6) is 17.4 Å². The van der Waals surface area contributed by atoms with Gasteiger partial charge in [0.25, 0.3) is 0 Å². The SMILES string of the molecule is C=Cc1c(N)ncnc1Oc1ccc(O)cc1. The lowest BCUT2D eigenvalue weighted by atomic mass is 10.3. The zero-order chi connectivity index (χ0) is 12.3. The molecule has 0 spiro atoms. The van der Waals surface area contributed by atoms with Gasteiger partial charge >= 0.3 is 0 Å². The van der Waals surface area contributed by atoms with Crippen molar-refractivity contribution in [2.45, 2.75) is 0 Å². The van der Waals surface area contributed by atoms with Gasteiger partial charge in [-0.1, -0.05) is 12.7 Å². The van der Waals surface area contributed by atoms with Gasteiger partial charge in [0.1, 0.15) is 23.6 Å². The van der Waals surface area contributed by atoms with Crippen LogP contribution in [0.1, 0.15) is 5.56 Å². The summed E-state index contributed by atoms with van der Waals surface area (Å²) in [4.78, 5) is 7.82. The second-order valence-electron chi connectivity index (χ2n) is 3.28.